The topological polar surface area (TPSA) is 29.5 Å². The lowest BCUT2D eigenvalue weighted by molar-refractivity contribution is 0.104. The third-order valence-electron chi connectivity index (χ3n) is 3.53. The molecule has 0 atom stereocenters. The predicted octanol–water partition coefficient (Wildman–Crippen LogP) is 3.62. The molecule has 2 heterocycles. The van der Waals surface area contributed by atoms with E-state index in [-0.39, 0.29) is 11.6 Å². The quantitative estimate of drug-likeness (QED) is 0.637. The summed E-state index contributed by atoms with van der Waals surface area (Å²) in [6.45, 7) is 2.54. The average molecular weight is 317 g/mol. The monoisotopic (exact) mass is 317 g/mol. The fraction of sp³-hybridized carbons (Fsp3) is 0.235. The van der Waals surface area contributed by atoms with Crippen molar-refractivity contribution in [3.8, 4) is 0 Å². The molecule has 22 heavy (non-hydrogen) atoms. The number of carbonyl (C=O) groups is 1. The summed E-state index contributed by atoms with van der Waals surface area (Å²) in [5.74, 6) is -0.557. The molecule has 1 saturated heterocycles. The van der Waals surface area contributed by atoms with Crippen LogP contribution in [0.25, 0.3) is 6.08 Å². The first-order valence-electron chi connectivity index (χ1n) is 7.12. The average Bonchev–Trinajstić information content (AvgIpc) is 3.07. The van der Waals surface area contributed by atoms with Crippen LogP contribution in [0, 0.1) is 5.82 Å². The van der Waals surface area contributed by atoms with Gasteiger partial charge < -0.3 is 9.64 Å². The Labute approximate surface area is 132 Å². The van der Waals surface area contributed by atoms with E-state index in [9.17, 15) is 9.18 Å². The lowest BCUT2D eigenvalue weighted by Crippen LogP contribution is -2.36. The molecule has 3 rings (SSSR count). The zero-order chi connectivity index (χ0) is 15.4. The molecule has 0 bridgehead atoms. The van der Waals surface area contributed by atoms with Gasteiger partial charge in [0.1, 0.15) is 5.82 Å². The molecule has 2 aromatic rings. The third kappa shape index (κ3) is 3.43. The van der Waals surface area contributed by atoms with Crippen molar-refractivity contribution in [1.29, 1.82) is 0 Å². The van der Waals surface area contributed by atoms with Crippen LogP contribution in [-0.2, 0) is 4.74 Å². The van der Waals surface area contributed by atoms with E-state index in [1.54, 1.807) is 29.5 Å². The molecule has 0 amide bonds. The molecule has 0 aliphatic carbocycles. The minimum absolute atomic E-state index is 0.194. The van der Waals surface area contributed by atoms with Crippen molar-refractivity contribution in [3.05, 3.63) is 58.0 Å². The summed E-state index contributed by atoms with van der Waals surface area (Å²) in [5, 5.41) is 1.95. The van der Waals surface area contributed by atoms with Crippen molar-refractivity contribution in [1.82, 2.24) is 0 Å². The maximum absolute atomic E-state index is 14.3. The molecule has 0 saturated carbocycles. The highest BCUT2D eigenvalue weighted by atomic mass is 32.1. The summed E-state index contributed by atoms with van der Waals surface area (Å²) in [5.41, 5.74) is 0.893. The highest BCUT2D eigenvalue weighted by molar-refractivity contribution is 7.10. The van der Waals surface area contributed by atoms with E-state index < -0.39 is 0 Å². The predicted molar refractivity (Wildman–Crippen MR) is 87.1 cm³/mol. The van der Waals surface area contributed by atoms with Gasteiger partial charge in [0.05, 0.1) is 18.9 Å². The summed E-state index contributed by atoms with van der Waals surface area (Å²) >= 11 is 1.55. The van der Waals surface area contributed by atoms with E-state index in [0.29, 0.717) is 37.6 Å². The SMILES string of the molecule is O=C(/C=C/c1cccs1)c1ccc(N2CCOCC2)c(F)c1. The van der Waals surface area contributed by atoms with Crippen molar-refractivity contribution in [2.75, 3.05) is 31.2 Å². The van der Waals surface area contributed by atoms with Gasteiger partial charge in [-0.15, -0.1) is 11.3 Å². The van der Waals surface area contributed by atoms with Gasteiger partial charge in [-0.2, -0.15) is 0 Å². The third-order valence-corrected chi connectivity index (χ3v) is 4.36. The van der Waals surface area contributed by atoms with E-state index in [2.05, 4.69) is 0 Å². The number of anilines is 1. The second-order valence-electron chi connectivity index (χ2n) is 4.98. The largest absolute Gasteiger partial charge is 0.378 e. The molecule has 0 N–H and O–H groups in total. The summed E-state index contributed by atoms with van der Waals surface area (Å²) < 4.78 is 19.5. The zero-order valence-corrected chi connectivity index (χ0v) is 12.8. The van der Waals surface area contributed by atoms with Gasteiger partial charge in [0.2, 0.25) is 0 Å². The lowest BCUT2D eigenvalue weighted by atomic mass is 10.1. The second kappa shape index (κ2) is 6.85. The van der Waals surface area contributed by atoms with Crippen molar-refractivity contribution in [2.24, 2.45) is 0 Å². The number of rotatable bonds is 4. The van der Waals surface area contributed by atoms with Crippen molar-refractivity contribution in [3.63, 3.8) is 0 Å². The van der Waals surface area contributed by atoms with Crippen LogP contribution < -0.4 is 4.90 Å². The first kappa shape index (κ1) is 14.9. The Morgan fingerprint density at radius 1 is 1.27 bits per heavy atom. The number of ketones is 1. The summed E-state index contributed by atoms with van der Waals surface area (Å²) in [6, 6.07) is 8.51. The van der Waals surface area contributed by atoms with Crippen LogP contribution in [-0.4, -0.2) is 32.1 Å². The van der Waals surface area contributed by atoms with Gasteiger partial charge in [-0.05, 0) is 41.8 Å². The number of ether oxygens (including phenoxy) is 1. The maximum Gasteiger partial charge on any atom is 0.185 e. The van der Waals surface area contributed by atoms with Crippen molar-refractivity contribution in [2.45, 2.75) is 0 Å². The number of benzene rings is 1. The number of hydrogen-bond donors (Lipinski definition) is 0. The Morgan fingerprint density at radius 3 is 2.77 bits per heavy atom. The van der Waals surface area contributed by atoms with Gasteiger partial charge in [-0.25, -0.2) is 4.39 Å². The van der Waals surface area contributed by atoms with Gasteiger partial charge in [0, 0.05) is 23.5 Å². The molecule has 1 aromatic heterocycles. The number of morpholine rings is 1. The van der Waals surface area contributed by atoms with E-state index in [4.69, 9.17) is 4.74 Å². The number of hydrogen-bond acceptors (Lipinski definition) is 4. The van der Waals surface area contributed by atoms with Crippen LogP contribution in [0.5, 0.6) is 0 Å². The Hall–Kier alpha value is -1.98. The minimum Gasteiger partial charge on any atom is -0.378 e. The van der Waals surface area contributed by atoms with E-state index in [1.165, 1.54) is 12.1 Å². The maximum atomic E-state index is 14.3. The van der Waals surface area contributed by atoms with Crippen LogP contribution in [0.1, 0.15) is 15.2 Å². The smallest absolute Gasteiger partial charge is 0.185 e. The van der Waals surface area contributed by atoms with Gasteiger partial charge in [-0.1, -0.05) is 6.07 Å². The molecule has 114 valence electrons. The van der Waals surface area contributed by atoms with Gasteiger partial charge in [0.15, 0.2) is 5.78 Å². The molecule has 1 fully saturated rings. The van der Waals surface area contributed by atoms with Crippen molar-refractivity contribution >= 4 is 28.9 Å². The molecule has 0 spiro atoms. The Balaban J connectivity index is 1.74. The zero-order valence-electron chi connectivity index (χ0n) is 12.0. The second-order valence-corrected chi connectivity index (χ2v) is 5.96. The number of halogens is 1. The molecule has 0 unspecified atom stereocenters. The van der Waals surface area contributed by atoms with Crippen LogP contribution in [0.4, 0.5) is 10.1 Å². The standard InChI is InChI=1S/C17H16FNO2S/c18-15-12-13(17(20)6-4-14-2-1-11-22-14)3-5-16(15)19-7-9-21-10-8-19/h1-6,11-12H,7-10H2/b6-4+. The Morgan fingerprint density at radius 2 is 2.09 bits per heavy atom. The summed E-state index contributed by atoms with van der Waals surface area (Å²) in [6.07, 6.45) is 3.23. The van der Waals surface area contributed by atoms with Crippen LogP contribution in [0.3, 0.4) is 0 Å². The molecular formula is C17H16FNO2S. The Kier molecular flexibility index (Phi) is 4.65. The fourth-order valence-corrected chi connectivity index (χ4v) is 2.98. The molecule has 1 aliphatic heterocycles. The molecule has 0 radical (unpaired) electrons. The number of thiophene rings is 1. The molecule has 5 heteroatoms. The summed E-state index contributed by atoms with van der Waals surface area (Å²) in [4.78, 5) is 15.0. The van der Waals surface area contributed by atoms with E-state index >= 15 is 0 Å². The van der Waals surface area contributed by atoms with Crippen LogP contribution in [0.15, 0.2) is 41.8 Å². The minimum atomic E-state index is -0.364. The first-order valence-corrected chi connectivity index (χ1v) is 8.00. The first-order chi connectivity index (χ1) is 10.7. The molecule has 1 aliphatic rings. The molecule has 1 aromatic carbocycles. The Bertz CT molecular complexity index is 676. The van der Waals surface area contributed by atoms with E-state index in [0.717, 1.165) is 4.88 Å². The van der Waals surface area contributed by atoms with Gasteiger partial charge in [-0.3, -0.25) is 4.79 Å². The number of allylic oxidation sites excluding steroid dienone is 1. The van der Waals surface area contributed by atoms with Crippen molar-refractivity contribution < 1.29 is 13.9 Å². The fourth-order valence-electron chi connectivity index (χ4n) is 2.36. The van der Waals surface area contributed by atoms with Crippen LogP contribution in [0.2, 0.25) is 0 Å². The highest BCUT2D eigenvalue weighted by Gasteiger charge is 2.16. The van der Waals surface area contributed by atoms with Gasteiger partial charge in [0.25, 0.3) is 0 Å². The number of carbonyl (C=O) groups excluding carboxylic acids is 1. The van der Waals surface area contributed by atoms with Gasteiger partial charge >= 0.3 is 0 Å². The number of nitrogens with zero attached hydrogens (tertiary/aromatic N) is 1. The van der Waals surface area contributed by atoms with E-state index in [1.807, 2.05) is 22.4 Å². The molecular weight excluding hydrogens is 301 g/mol. The van der Waals surface area contributed by atoms with Crippen LogP contribution >= 0.6 is 11.3 Å². The summed E-state index contributed by atoms with van der Waals surface area (Å²) in [7, 11) is 0. The molecule has 3 nitrogen and oxygen atoms in total. The normalized spacial score (nSPS) is 15.4. The lowest BCUT2D eigenvalue weighted by Gasteiger charge is -2.29. The highest BCUT2D eigenvalue weighted by Crippen LogP contribution is 2.22.